The highest BCUT2D eigenvalue weighted by molar-refractivity contribution is 6.02. The first-order valence-electron chi connectivity index (χ1n) is 23.7. The maximum absolute atomic E-state index is 17.8. The molecular weight excluding hydrogens is 915 g/mol. The largest absolute Gasteiger partial charge is 0.390 e. The van der Waals surface area contributed by atoms with Crippen LogP contribution in [0.25, 0.3) is 0 Å². The van der Waals surface area contributed by atoms with Crippen LogP contribution in [-0.4, -0.2) is 111 Å². The average Bonchev–Trinajstić information content (AvgIpc) is 3.94. The minimum atomic E-state index is -2.36. The van der Waals surface area contributed by atoms with Crippen LogP contribution in [0.5, 0.6) is 0 Å². The summed E-state index contributed by atoms with van der Waals surface area (Å²) in [5.74, 6) is -6.36. The molecule has 3 saturated carbocycles. The van der Waals surface area contributed by atoms with E-state index in [9.17, 15) is 48.6 Å². The number of benzene rings is 2. The van der Waals surface area contributed by atoms with Crippen LogP contribution in [0, 0.1) is 22.7 Å². The Labute approximate surface area is 402 Å². The van der Waals surface area contributed by atoms with Crippen molar-refractivity contribution >= 4 is 52.8 Å². The van der Waals surface area contributed by atoms with Crippen molar-refractivity contribution in [1.29, 1.82) is 0 Å². The number of ketones is 2. The lowest BCUT2D eigenvalue weighted by Crippen LogP contribution is -2.70. The number of ether oxygens (including phenoxy) is 2. The molecule has 6 aliphatic rings. The molecular formula is C51H58F2N4O13. The van der Waals surface area contributed by atoms with Crippen molar-refractivity contribution in [3.8, 4) is 0 Å². The van der Waals surface area contributed by atoms with Crippen molar-refractivity contribution in [3.05, 3.63) is 89.0 Å². The number of amides is 5. The maximum Gasteiger partial charge on any atom is 0.333 e. The molecule has 4 aliphatic carbocycles. The van der Waals surface area contributed by atoms with E-state index in [4.69, 9.17) is 14.3 Å². The number of alkyl halides is 2. The van der Waals surface area contributed by atoms with Crippen molar-refractivity contribution < 1.29 is 71.7 Å². The molecule has 2 heterocycles. The van der Waals surface area contributed by atoms with Gasteiger partial charge in [-0.1, -0.05) is 49.4 Å². The molecule has 5 N–H and O–H groups in total. The molecule has 2 aromatic carbocycles. The van der Waals surface area contributed by atoms with Gasteiger partial charge in [-0.25, -0.2) is 13.6 Å². The van der Waals surface area contributed by atoms with Gasteiger partial charge < -0.3 is 40.5 Å². The Morgan fingerprint density at radius 3 is 2.29 bits per heavy atom. The Morgan fingerprint density at radius 2 is 1.59 bits per heavy atom. The highest BCUT2D eigenvalue weighted by atomic mass is 19.1. The number of halogens is 2. The van der Waals surface area contributed by atoms with Gasteiger partial charge in [-0.05, 0) is 106 Å². The number of hydrogen-bond acceptors (Lipinski definition) is 13. The number of aliphatic hydroxyl groups is 2. The molecule has 0 spiro atoms. The molecule has 5 unspecified atom stereocenters. The van der Waals surface area contributed by atoms with Gasteiger partial charge in [-0.15, -0.1) is 5.06 Å². The van der Waals surface area contributed by atoms with Crippen molar-refractivity contribution in [2.24, 2.45) is 22.7 Å². The Kier molecular flexibility index (Phi) is 13.9. The van der Waals surface area contributed by atoms with Crippen LogP contribution in [0.15, 0.2) is 72.3 Å². The quantitative estimate of drug-likeness (QED) is 0.118. The fourth-order valence-corrected chi connectivity index (χ4v) is 11.9. The van der Waals surface area contributed by atoms with Crippen LogP contribution in [0.3, 0.4) is 0 Å². The number of allylic oxidation sites excluding steroid dienone is 4. The highest BCUT2D eigenvalue weighted by Crippen LogP contribution is 2.72. The van der Waals surface area contributed by atoms with Gasteiger partial charge in [0.05, 0.1) is 12.2 Å². The standard InChI is InChI=1S/C51H58F2N4O13/c1-27(54-41(62)10-5-6-11-44(65)70-57-42(63)16-17-43(57)64)45(66)55-28(2)46(67)56-32-9-7-8-30(21-32)20-29-12-14-31(15-13-29)47-68-40-24-34-35-23-37(52)36-22-33(59)18-19-48(36,3)50(35,53)38(60)25-49(34,4)51(40,69-47)39(61)26-58/h7-9,12-15,18-19,21-22,27-28,34-35,37-38,40,47,58,60H,5-6,10-11,16-17,20,23-26H2,1-4H3,(H,54,62)(H,55,66)(H,56,67)/t27?,28-,34-,35-,37-,38?,40+,47?,48?,49?,50-,51+/m0/s1. The zero-order valence-electron chi connectivity index (χ0n) is 39.3. The average molecular weight is 973 g/mol. The van der Waals surface area contributed by atoms with Gasteiger partial charge in [-0.3, -0.25) is 33.6 Å². The van der Waals surface area contributed by atoms with E-state index in [0.717, 1.165) is 17.2 Å². The van der Waals surface area contributed by atoms with Crippen LogP contribution < -0.4 is 16.0 Å². The smallest absolute Gasteiger partial charge is 0.333 e. The van der Waals surface area contributed by atoms with Crippen molar-refractivity contribution in [2.45, 2.75) is 140 Å². The second-order valence-electron chi connectivity index (χ2n) is 19.9. The number of carbonyl (C=O) groups is 8. The minimum Gasteiger partial charge on any atom is -0.390 e. The van der Waals surface area contributed by atoms with Gasteiger partial charge in [0.1, 0.15) is 24.9 Å². The Bertz CT molecular complexity index is 2540. The van der Waals surface area contributed by atoms with E-state index >= 15 is 8.78 Å². The lowest BCUT2D eigenvalue weighted by Gasteiger charge is -2.63. The van der Waals surface area contributed by atoms with E-state index in [0.29, 0.717) is 22.7 Å². The van der Waals surface area contributed by atoms with Gasteiger partial charge in [-0.2, -0.15) is 0 Å². The molecule has 0 bridgehead atoms. The number of Topliss-reactive ketones (excluding diaryl/α,β-unsaturated/α-hetero) is 1. The molecule has 374 valence electrons. The van der Waals surface area contributed by atoms with E-state index in [1.807, 2.05) is 18.2 Å². The summed E-state index contributed by atoms with van der Waals surface area (Å²) in [7, 11) is 0. The molecule has 2 saturated heterocycles. The van der Waals surface area contributed by atoms with Gasteiger partial charge in [0.2, 0.25) is 17.7 Å². The van der Waals surface area contributed by atoms with E-state index in [1.165, 1.54) is 32.9 Å². The molecule has 19 heteroatoms. The number of anilines is 1. The summed E-state index contributed by atoms with van der Waals surface area (Å²) in [6, 6.07) is 12.4. The minimum absolute atomic E-state index is 0.00638. The normalized spacial score (nSPS) is 32.7. The molecule has 8 rings (SSSR count). The number of nitrogens with one attached hydrogen (secondary N) is 3. The monoisotopic (exact) mass is 972 g/mol. The van der Waals surface area contributed by atoms with Crippen LogP contribution in [0.1, 0.15) is 108 Å². The molecule has 12 atom stereocenters. The van der Waals surface area contributed by atoms with Gasteiger partial charge in [0, 0.05) is 53.7 Å². The third-order valence-electron chi connectivity index (χ3n) is 15.5. The number of aliphatic hydroxyl groups excluding tert-OH is 2. The molecule has 70 heavy (non-hydrogen) atoms. The van der Waals surface area contributed by atoms with Crippen LogP contribution in [-0.2, 0) is 59.1 Å². The first-order chi connectivity index (χ1) is 33.1. The fraction of sp³-hybridized carbons (Fsp3) is 0.529. The summed E-state index contributed by atoms with van der Waals surface area (Å²) in [4.78, 5) is 105. The number of unbranched alkanes of at least 4 members (excludes halogenated alkanes) is 1. The summed E-state index contributed by atoms with van der Waals surface area (Å²) in [6.45, 7) is 5.30. The molecule has 5 amide bonds. The van der Waals surface area contributed by atoms with Crippen molar-refractivity contribution in [2.75, 3.05) is 11.9 Å². The van der Waals surface area contributed by atoms with Gasteiger partial charge >= 0.3 is 5.97 Å². The van der Waals surface area contributed by atoms with E-state index in [2.05, 4.69) is 16.0 Å². The van der Waals surface area contributed by atoms with Gasteiger partial charge in [0.25, 0.3) is 11.8 Å². The van der Waals surface area contributed by atoms with Crippen molar-refractivity contribution in [3.63, 3.8) is 0 Å². The predicted molar refractivity (Wildman–Crippen MR) is 243 cm³/mol. The van der Waals surface area contributed by atoms with Crippen molar-refractivity contribution in [1.82, 2.24) is 15.7 Å². The topological polar surface area (TPSA) is 244 Å². The highest BCUT2D eigenvalue weighted by Gasteiger charge is 2.80. The second-order valence-corrected chi connectivity index (χ2v) is 19.9. The summed E-state index contributed by atoms with van der Waals surface area (Å²) in [5.41, 5.74) is -4.25. The Balaban J connectivity index is 0.833. The molecule has 0 radical (unpaired) electrons. The number of carbonyl (C=O) groups excluding carboxylic acids is 8. The zero-order chi connectivity index (χ0) is 50.5. The Morgan fingerprint density at radius 1 is 0.900 bits per heavy atom. The predicted octanol–water partition coefficient (Wildman–Crippen LogP) is 4.04. The fourth-order valence-electron chi connectivity index (χ4n) is 11.9. The van der Waals surface area contributed by atoms with E-state index in [1.54, 1.807) is 37.3 Å². The first kappa shape index (κ1) is 50.4. The molecule has 5 fully saturated rings. The summed E-state index contributed by atoms with van der Waals surface area (Å²) in [5, 5.41) is 30.5. The molecule has 0 aromatic heterocycles. The van der Waals surface area contributed by atoms with E-state index < -0.39 is 124 Å². The number of nitrogens with zero attached hydrogens (tertiary/aromatic N) is 1. The number of fused-ring (bicyclic) bond motifs is 7. The summed E-state index contributed by atoms with van der Waals surface area (Å²) < 4.78 is 46.8. The molecule has 2 aliphatic heterocycles. The Hall–Kier alpha value is -6.02. The molecule has 17 nitrogen and oxygen atoms in total. The number of rotatable bonds is 16. The zero-order valence-corrected chi connectivity index (χ0v) is 39.3. The first-order valence-corrected chi connectivity index (χ1v) is 23.7. The lowest BCUT2D eigenvalue weighted by molar-refractivity contribution is -0.235. The third kappa shape index (κ3) is 8.78. The summed E-state index contributed by atoms with van der Waals surface area (Å²) in [6.07, 6.45) is -1.27. The third-order valence-corrected chi connectivity index (χ3v) is 15.5. The van der Waals surface area contributed by atoms with Crippen LogP contribution >= 0.6 is 0 Å². The van der Waals surface area contributed by atoms with E-state index in [-0.39, 0.29) is 63.4 Å². The van der Waals surface area contributed by atoms with Crippen LogP contribution in [0.4, 0.5) is 14.5 Å². The van der Waals surface area contributed by atoms with Crippen LogP contribution in [0.2, 0.25) is 0 Å². The maximum atomic E-state index is 17.8. The molecule has 2 aromatic rings. The summed E-state index contributed by atoms with van der Waals surface area (Å²) >= 11 is 0. The number of hydrogen-bond donors (Lipinski definition) is 5. The number of hydroxylamine groups is 2. The SMILES string of the molecule is CC(NC(=O)CCCCC(=O)ON1C(=O)CCC1=O)C(=O)N[C@@H](C)C(=O)Nc1cccc(Cc2ccc(C3O[C@@H]4C[C@H]5[C@@H]6C[C@H](F)C7=CC(=O)C=CC7(C)[C@@]6(F)C(O)CC5(C)[C@]4(C(=O)CO)O3)cc2)c1. The number of imide groups is 1. The van der Waals surface area contributed by atoms with Gasteiger partial charge in [0.15, 0.2) is 29.1 Å². The second kappa shape index (κ2) is 19.3. The lowest BCUT2D eigenvalue weighted by atomic mass is 9.44.